The maximum absolute atomic E-state index is 12.3. The number of carboxylic acids is 1. The van der Waals surface area contributed by atoms with E-state index in [1.165, 1.54) is 24.2 Å². The van der Waals surface area contributed by atoms with E-state index in [-0.39, 0.29) is 24.8 Å². The zero-order valence-electron chi connectivity index (χ0n) is 20.2. The van der Waals surface area contributed by atoms with Crippen molar-refractivity contribution >= 4 is 23.9 Å². The largest absolute Gasteiger partial charge is 0.493 e. The van der Waals surface area contributed by atoms with Crippen LogP contribution in [-0.2, 0) is 28.6 Å². The summed E-state index contributed by atoms with van der Waals surface area (Å²) in [6, 6.07) is 3.63. The molecule has 1 aliphatic rings. The molecule has 0 saturated heterocycles. The second kappa shape index (κ2) is 15.6. The van der Waals surface area contributed by atoms with Crippen molar-refractivity contribution in [2.24, 2.45) is 0 Å². The third kappa shape index (κ3) is 10.3. The molecule has 1 aromatic rings. The number of carbonyl (C=O) groups is 3. The van der Waals surface area contributed by atoms with Crippen LogP contribution in [-0.4, -0.2) is 87.7 Å². The molecular formula is C25H33NO9. The Morgan fingerprint density at radius 1 is 1.03 bits per heavy atom. The van der Waals surface area contributed by atoms with Gasteiger partial charge in [0.25, 0.3) is 11.8 Å². The molecule has 1 heterocycles. The SMILES string of the molecule is COc1cc(/C=C/C(=O)N2CCC=CC2=O)cc(C)c1OCCOCCOCCOCCC(=O)O. The van der Waals surface area contributed by atoms with Crippen molar-refractivity contribution in [1.29, 1.82) is 0 Å². The molecule has 10 heteroatoms. The molecule has 2 amide bonds. The first-order valence-corrected chi connectivity index (χ1v) is 11.4. The van der Waals surface area contributed by atoms with Gasteiger partial charge in [-0.05, 0) is 48.8 Å². The summed E-state index contributed by atoms with van der Waals surface area (Å²) in [5, 5.41) is 8.50. The monoisotopic (exact) mass is 491 g/mol. The van der Waals surface area contributed by atoms with E-state index in [9.17, 15) is 14.4 Å². The minimum absolute atomic E-state index is 0.0224. The molecule has 2 rings (SSSR count). The van der Waals surface area contributed by atoms with Gasteiger partial charge in [0.1, 0.15) is 6.61 Å². The number of amides is 2. The highest BCUT2D eigenvalue weighted by molar-refractivity contribution is 6.06. The van der Waals surface area contributed by atoms with Crippen molar-refractivity contribution in [1.82, 2.24) is 4.90 Å². The lowest BCUT2D eigenvalue weighted by molar-refractivity contribution is -0.140. The second-order valence-corrected chi connectivity index (χ2v) is 7.55. The van der Waals surface area contributed by atoms with Crippen LogP contribution in [0.2, 0.25) is 0 Å². The number of rotatable bonds is 16. The van der Waals surface area contributed by atoms with Gasteiger partial charge < -0.3 is 28.8 Å². The lowest BCUT2D eigenvalue weighted by atomic mass is 10.1. The van der Waals surface area contributed by atoms with Crippen LogP contribution < -0.4 is 9.47 Å². The average molecular weight is 492 g/mol. The van der Waals surface area contributed by atoms with Crippen LogP contribution in [0, 0.1) is 6.92 Å². The molecule has 0 unspecified atom stereocenters. The van der Waals surface area contributed by atoms with E-state index in [2.05, 4.69) is 0 Å². The van der Waals surface area contributed by atoms with E-state index in [4.69, 9.17) is 28.8 Å². The summed E-state index contributed by atoms with van der Waals surface area (Å²) in [5.41, 5.74) is 1.58. The number of ether oxygens (including phenoxy) is 5. The first-order valence-electron chi connectivity index (χ1n) is 11.4. The highest BCUT2D eigenvalue weighted by atomic mass is 16.6. The number of imide groups is 1. The Kier molecular flexibility index (Phi) is 12.5. The van der Waals surface area contributed by atoms with Crippen LogP contribution >= 0.6 is 0 Å². The van der Waals surface area contributed by atoms with Crippen LogP contribution in [0.5, 0.6) is 11.5 Å². The Labute approximate surface area is 205 Å². The number of carboxylic acid groups (broad SMARTS) is 1. The third-order valence-electron chi connectivity index (χ3n) is 4.89. The van der Waals surface area contributed by atoms with Gasteiger partial charge >= 0.3 is 5.97 Å². The molecule has 0 spiro atoms. The van der Waals surface area contributed by atoms with Crippen LogP contribution in [0.15, 0.2) is 30.4 Å². The highest BCUT2D eigenvalue weighted by Gasteiger charge is 2.19. The lowest BCUT2D eigenvalue weighted by Crippen LogP contribution is -2.37. The topological polar surface area (TPSA) is 121 Å². The molecule has 192 valence electrons. The summed E-state index contributed by atoms with van der Waals surface area (Å²) in [6.45, 7) is 4.58. The van der Waals surface area contributed by atoms with Gasteiger partial charge in [-0.25, -0.2) is 0 Å². The number of methoxy groups -OCH3 is 1. The number of nitrogens with zero attached hydrogens (tertiary/aromatic N) is 1. The van der Waals surface area contributed by atoms with Gasteiger partial charge in [-0.3, -0.25) is 19.3 Å². The standard InChI is InChI=1S/C25H33NO9/c1-19-17-20(6-7-23(28)26-9-4-3-5-22(26)27)18-21(31-2)25(19)35-16-15-34-14-13-33-12-11-32-10-8-24(29)30/h3,5-7,17-18H,4,8-16H2,1-2H3,(H,29,30)/b7-6+. The van der Waals surface area contributed by atoms with Gasteiger partial charge in [-0.2, -0.15) is 0 Å². The van der Waals surface area contributed by atoms with E-state index in [0.717, 1.165) is 11.1 Å². The lowest BCUT2D eigenvalue weighted by Gasteiger charge is -2.19. The third-order valence-corrected chi connectivity index (χ3v) is 4.89. The molecule has 0 aliphatic carbocycles. The molecule has 10 nitrogen and oxygen atoms in total. The van der Waals surface area contributed by atoms with Crippen molar-refractivity contribution in [3.63, 3.8) is 0 Å². The molecular weight excluding hydrogens is 458 g/mol. The summed E-state index contributed by atoms with van der Waals surface area (Å²) in [5.74, 6) is -0.438. The first-order chi connectivity index (χ1) is 16.9. The van der Waals surface area contributed by atoms with Gasteiger partial charge in [-0.1, -0.05) is 6.08 Å². The fourth-order valence-electron chi connectivity index (χ4n) is 3.17. The Balaban J connectivity index is 1.71. The quantitative estimate of drug-likeness (QED) is 0.274. The predicted molar refractivity (Wildman–Crippen MR) is 127 cm³/mol. The van der Waals surface area contributed by atoms with Gasteiger partial charge in [0.2, 0.25) is 0 Å². The number of aliphatic carboxylic acids is 1. The van der Waals surface area contributed by atoms with E-state index in [1.807, 2.05) is 13.0 Å². The molecule has 35 heavy (non-hydrogen) atoms. The number of carbonyl (C=O) groups excluding carboxylic acids is 2. The van der Waals surface area contributed by atoms with Crippen LogP contribution in [0.25, 0.3) is 6.08 Å². The Morgan fingerprint density at radius 3 is 2.31 bits per heavy atom. The molecule has 0 saturated carbocycles. The Morgan fingerprint density at radius 2 is 1.69 bits per heavy atom. The number of hydrogen-bond acceptors (Lipinski definition) is 8. The number of aryl methyl sites for hydroxylation is 1. The minimum atomic E-state index is -0.890. The Hall–Kier alpha value is -3.21. The highest BCUT2D eigenvalue weighted by Crippen LogP contribution is 2.32. The van der Waals surface area contributed by atoms with Crippen LogP contribution in [0.3, 0.4) is 0 Å². The van der Waals surface area contributed by atoms with E-state index in [0.29, 0.717) is 64.1 Å². The summed E-state index contributed by atoms with van der Waals surface area (Å²) in [7, 11) is 1.54. The normalized spacial score (nSPS) is 13.4. The van der Waals surface area contributed by atoms with Crippen LogP contribution in [0.4, 0.5) is 0 Å². The smallest absolute Gasteiger partial charge is 0.305 e. The zero-order valence-corrected chi connectivity index (χ0v) is 20.2. The molecule has 0 fully saturated rings. The molecule has 0 bridgehead atoms. The van der Waals surface area contributed by atoms with Gasteiger partial charge in [0.05, 0.1) is 53.2 Å². The summed E-state index contributed by atoms with van der Waals surface area (Å²) in [4.78, 5) is 35.7. The second-order valence-electron chi connectivity index (χ2n) is 7.55. The fraction of sp³-hybridized carbons (Fsp3) is 0.480. The molecule has 0 aromatic heterocycles. The fourth-order valence-corrected chi connectivity index (χ4v) is 3.17. The van der Waals surface area contributed by atoms with Gasteiger partial charge in [0.15, 0.2) is 11.5 Å². The van der Waals surface area contributed by atoms with Crippen molar-refractivity contribution in [3.05, 3.63) is 41.5 Å². The van der Waals surface area contributed by atoms with E-state index >= 15 is 0 Å². The molecule has 0 atom stereocenters. The average Bonchev–Trinajstić information content (AvgIpc) is 2.84. The van der Waals surface area contributed by atoms with Crippen molar-refractivity contribution < 1.29 is 43.2 Å². The number of benzene rings is 1. The van der Waals surface area contributed by atoms with Crippen LogP contribution in [0.1, 0.15) is 24.0 Å². The maximum Gasteiger partial charge on any atom is 0.305 e. The maximum atomic E-state index is 12.3. The van der Waals surface area contributed by atoms with Crippen molar-refractivity contribution in [2.45, 2.75) is 19.8 Å². The number of hydrogen-bond donors (Lipinski definition) is 1. The Bertz CT molecular complexity index is 910. The van der Waals surface area contributed by atoms with E-state index in [1.54, 1.807) is 18.2 Å². The molecule has 0 radical (unpaired) electrons. The first kappa shape index (κ1) is 28.0. The zero-order chi connectivity index (χ0) is 25.5. The van der Waals surface area contributed by atoms with Crippen molar-refractivity contribution in [3.8, 4) is 11.5 Å². The molecule has 1 N–H and O–H groups in total. The van der Waals surface area contributed by atoms with Crippen molar-refractivity contribution in [2.75, 3.05) is 59.9 Å². The minimum Gasteiger partial charge on any atom is -0.493 e. The molecule has 1 aromatic carbocycles. The van der Waals surface area contributed by atoms with Gasteiger partial charge in [-0.15, -0.1) is 0 Å². The predicted octanol–water partition coefficient (Wildman–Crippen LogP) is 2.24. The summed E-state index contributed by atoms with van der Waals surface area (Å²) in [6.07, 6.45) is 6.83. The van der Waals surface area contributed by atoms with Gasteiger partial charge in [0, 0.05) is 12.6 Å². The molecule has 1 aliphatic heterocycles. The summed E-state index contributed by atoms with van der Waals surface area (Å²) >= 11 is 0. The van der Waals surface area contributed by atoms with E-state index < -0.39 is 5.97 Å². The summed E-state index contributed by atoms with van der Waals surface area (Å²) < 4.78 is 27.2.